The van der Waals surface area contributed by atoms with Gasteiger partial charge in [-0.1, -0.05) is 0 Å². The van der Waals surface area contributed by atoms with Crippen LogP contribution >= 0.6 is 12.4 Å². The van der Waals surface area contributed by atoms with Gasteiger partial charge < -0.3 is 11.1 Å². The topological polar surface area (TPSA) is 115 Å². The molecule has 8 nitrogen and oxygen atoms in total. The molecule has 0 saturated heterocycles. The first kappa shape index (κ1) is 18.6. The molecule has 0 radical (unpaired) electrons. The average molecular weight is 362 g/mol. The fourth-order valence-electron chi connectivity index (χ4n) is 2.51. The van der Waals surface area contributed by atoms with E-state index in [1.54, 1.807) is 4.68 Å². The smallest absolute Gasteiger partial charge is 0.259 e. The van der Waals surface area contributed by atoms with Gasteiger partial charge in [-0.15, -0.1) is 12.4 Å². The second-order valence-electron chi connectivity index (χ2n) is 5.51. The van der Waals surface area contributed by atoms with Gasteiger partial charge in [0.1, 0.15) is 5.82 Å². The van der Waals surface area contributed by atoms with Crippen LogP contribution in [0.2, 0.25) is 0 Å². The Morgan fingerprint density at radius 3 is 2.48 bits per heavy atom. The lowest BCUT2D eigenvalue weighted by Gasteiger charge is -2.06. The molecule has 0 atom stereocenters. The van der Waals surface area contributed by atoms with Gasteiger partial charge in [-0.25, -0.2) is 4.98 Å². The van der Waals surface area contributed by atoms with E-state index in [1.807, 2.05) is 45.2 Å². The number of hydrogen-bond acceptors (Lipinski definition) is 5. The standard InChI is InChI=1S/C16H19N7O.ClH/c1-9-14(10(2)23(3)22-9)16(24)18-12-6-4-11(5-7-12)15-19-13(8-17)20-21-15;/h4-7H,8,17H2,1-3H3,(H,18,24)(H,19,20,21);1H. The summed E-state index contributed by atoms with van der Waals surface area (Å²) in [4.78, 5) is 16.7. The number of amides is 1. The highest BCUT2D eigenvalue weighted by Crippen LogP contribution is 2.19. The number of benzene rings is 1. The number of carbonyl (C=O) groups excluding carboxylic acids is 1. The van der Waals surface area contributed by atoms with E-state index in [1.165, 1.54) is 0 Å². The molecular weight excluding hydrogens is 342 g/mol. The number of nitrogens with one attached hydrogen (secondary N) is 2. The third-order valence-corrected chi connectivity index (χ3v) is 3.86. The first-order chi connectivity index (χ1) is 11.5. The Bertz CT molecular complexity index is 883. The van der Waals surface area contributed by atoms with Gasteiger partial charge in [-0.05, 0) is 38.1 Å². The van der Waals surface area contributed by atoms with Gasteiger partial charge >= 0.3 is 0 Å². The van der Waals surface area contributed by atoms with Crippen molar-refractivity contribution in [2.24, 2.45) is 12.8 Å². The monoisotopic (exact) mass is 361 g/mol. The van der Waals surface area contributed by atoms with Crippen molar-refractivity contribution in [1.29, 1.82) is 0 Å². The van der Waals surface area contributed by atoms with E-state index in [-0.39, 0.29) is 18.3 Å². The molecule has 3 aromatic rings. The van der Waals surface area contributed by atoms with Gasteiger partial charge in [-0.2, -0.15) is 10.2 Å². The molecule has 132 valence electrons. The Balaban J connectivity index is 0.00000225. The summed E-state index contributed by atoms with van der Waals surface area (Å²) < 4.78 is 1.70. The van der Waals surface area contributed by atoms with Gasteiger partial charge in [0.25, 0.3) is 5.91 Å². The highest BCUT2D eigenvalue weighted by atomic mass is 35.5. The Labute approximate surface area is 151 Å². The van der Waals surface area contributed by atoms with Crippen LogP contribution in [-0.4, -0.2) is 30.9 Å². The minimum atomic E-state index is -0.172. The normalized spacial score (nSPS) is 10.4. The summed E-state index contributed by atoms with van der Waals surface area (Å²) in [7, 11) is 1.82. The predicted molar refractivity (Wildman–Crippen MR) is 97.6 cm³/mol. The van der Waals surface area contributed by atoms with Crippen LogP contribution in [0.5, 0.6) is 0 Å². The summed E-state index contributed by atoms with van der Waals surface area (Å²) in [6.07, 6.45) is 0. The van der Waals surface area contributed by atoms with Crippen LogP contribution in [0.25, 0.3) is 11.4 Å². The van der Waals surface area contributed by atoms with E-state index >= 15 is 0 Å². The summed E-state index contributed by atoms with van der Waals surface area (Å²) in [5.41, 5.74) is 9.19. The number of rotatable bonds is 4. The zero-order valence-corrected chi connectivity index (χ0v) is 15.0. The maximum atomic E-state index is 12.5. The fourth-order valence-corrected chi connectivity index (χ4v) is 2.51. The molecule has 1 amide bonds. The first-order valence-corrected chi connectivity index (χ1v) is 7.53. The molecule has 3 rings (SSSR count). The molecule has 0 unspecified atom stereocenters. The quantitative estimate of drug-likeness (QED) is 0.657. The fraction of sp³-hybridized carbons (Fsp3) is 0.250. The minimum Gasteiger partial charge on any atom is -0.324 e. The van der Waals surface area contributed by atoms with Crippen molar-refractivity contribution in [3.8, 4) is 11.4 Å². The van der Waals surface area contributed by atoms with Crippen LogP contribution < -0.4 is 11.1 Å². The third-order valence-electron chi connectivity index (χ3n) is 3.86. The molecule has 9 heteroatoms. The zero-order chi connectivity index (χ0) is 17.3. The average Bonchev–Trinajstić information content (AvgIpc) is 3.13. The van der Waals surface area contributed by atoms with Gasteiger partial charge in [0.05, 0.1) is 17.8 Å². The Morgan fingerprint density at radius 2 is 1.96 bits per heavy atom. The summed E-state index contributed by atoms with van der Waals surface area (Å²) in [5.74, 6) is 1.03. The molecule has 0 aliphatic carbocycles. The van der Waals surface area contributed by atoms with Crippen LogP contribution in [0.3, 0.4) is 0 Å². The second-order valence-corrected chi connectivity index (χ2v) is 5.51. The van der Waals surface area contributed by atoms with Crippen molar-refractivity contribution in [2.45, 2.75) is 20.4 Å². The molecule has 2 heterocycles. The number of nitrogens with zero attached hydrogens (tertiary/aromatic N) is 4. The Morgan fingerprint density at radius 1 is 1.28 bits per heavy atom. The molecular formula is C16H20ClN7O. The third kappa shape index (κ3) is 3.70. The first-order valence-electron chi connectivity index (χ1n) is 7.53. The lowest BCUT2D eigenvalue weighted by atomic mass is 10.1. The number of hydrogen-bond donors (Lipinski definition) is 3. The second kappa shape index (κ2) is 7.45. The van der Waals surface area contributed by atoms with E-state index in [2.05, 4.69) is 25.6 Å². The van der Waals surface area contributed by atoms with E-state index < -0.39 is 0 Å². The lowest BCUT2D eigenvalue weighted by molar-refractivity contribution is 0.102. The molecule has 0 bridgehead atoms. The van der Waals surface area contributed by atoms with Gasteiger partial charge in [0, 0.05) is 24.0 Å². The van der Waals surface area contributed by atoms with Crippen molar-refractivity contribution in [3.63, 3.8) is 0 Å². The molecule has 0 aliphatic heterocycles. The molecule has 0 aliphatic rings. The van der Waals surface area contributed by atoms with E-state index in [0.29, 0.717) is 35.1 Å². The van der Waals surface area contributed by atoms with Crippen molar-refractivity contribution in [2.75, 3.05) is 5.32 Å². The highest BCUT2D eigenvalue weighted by molar-refractivity contribution is 6.05. The summed E-state index contributed by atoms with van der Waals surface area (Å²) in [6.45, 7) is 4.00. The summed E-state index contributed by atoms with van der Waals surface area (Å²) in [6, 6.07) is 7.32. The number of nitrogens with two attached hydrogens (primary N) is 1. The van der Waals surface area contributed by atoms with E-state index in [9.17, 15) is 4.79 Å². The summed E-state index contributed by atoms with van der Waals surface area (Å²) >= 11 is 0. The molecule has 0 fully saturated rings. The number of H-pyrrole nitrogens is 1. The van der Waals surface area contributed by atoms with E-state index in [4.69, 9.17) is 5.73 Å². The van der Waals surface area contributed by atoms with Gasteiger partial charge in [0.15, 0.2) is 5.82 Å². The Kier molecular flexibility index (Phi) is 5.55. The molecule has 2 aromatic heterocycles. The van der Waals surface area contributed by atoms with Crippen molar-refractivity contribution < 1.29 is 4.79 Å². The molecule has 25 heavy (non-hydrogen) atoms. The predicted octanol–water partition coefficient (Wildman–Crippen LogP) is 1.95. The number of carbonyl (C=O) groups is 1. The zero-order valence-electron chi connectivity index (χ0n) is 14.2. The lowest BCUT2D eigenvalue weighted by Crippen LogP contribution is -2.14. The minimum absolute atomic E-state index is 0. The number of aromatic nitrogens is 5. The molecule has 0 spiro atoms. The largest absolute Gasteiger partial charge is 0.324 e. The van der Waals surface area contributed by atoms with Gasteiger partial charge in [0.2, 0.25) is 0 Å². The molecule has 4 N–H and O–H groups in total. The maximum absolute atomic E-state index is 12.5. The van der Waals surface area contributed by atoms with Crippen LogP contribution in [-0.2, 0) is 13.6 Å². The summed E-state index contributed by atoms with van der Waals surface area (Å²) in [5, 5.41) is 14.0. The number of aryl methyl sites for hydroxylation is 2. The number of aromatic amines is 1. The number of anilines is 1. The van der Waals surface area contributed by atoms with Crippen molar-refractivity contribution in [1.82, 2.24) is 25.0 Å². The molecule has 0 saturated carbocycles. The van der Waals surface area contributed by atoms with Crippen LogP contribution in [0, 0.1) is 13.8 Å². The maximum Gasteiger partial charge on any atom is 0.259 e. The van der Waals surface area contributed by atoms with Crippen molar-refractivity contribution in [3.05, 3.63) is 47.0 Å². The molecule has 1 aromatic carbocycles. The Hall–Kier alpha value is -2.71. The van der Waals surface area contributed by atoms with Crippen LogP contribution in [0.4, 0.5) is 5.69 Å². The SMILES string of the molecule is Cc1nn(C)c(C)c1C(=O)Nc1ccc(-c2n[nH]c(CN)n2)cc1.Cl. The van der Waals surface area contributed by atoms with Crippen LogP contribution in [0.15, 0.2) is 24.3 Å². The van der Waals surface area contributed by atoms with Gasteiger partial charge in [-0.3, -0.25) is 14.6 Å². The van der Waals surface area contributed by atoms with Crippen molar-refractivity contribution >= 4 is 24.0 Å². The highest BCUT2D eigenvalue weighted by Gasteiger charge is 2.17. The van der Waals surface area contributed by atoms with E-state index in [0.717, 1.165) is 11.3 Å². The van der Waals surface area contributed by atoms with Crippen LogP contribution in [0.1, 0.15) is 27.6 Å². The number of halogens is 1.